The fourth-order valence-electron chi connectivity index (χ4n) is 7.16. The van der Waals surface area contributed by atoms with Crippen molar-refractivity contribution < 1.29 is 33.7 Å². The number of Topliss-reactive ketones (excluding diaryl/α,β-unsaturated/α-hetero) is 2. The number of hydrogen-bond acceptors (Lipinski definition) is 10. The van der Waals surface area contributed by atoms with Crippen molar-refractivity contribution in [3.05, 3.63) is 56.9 Å². The maximum absolute atomic E-state index is 13.8. The van der Waals surface area contributed by atoms with E-state index in [2.05, 4.69) is 6.07 Å². The Morgan fingerprint density at radius 3 is 2.49 bits per heavy atom. The summed E-state index contributed by atoms with van der Waals surface area (Å²) in [5.74, 6) is -0.760. The Hall–Kier alpha value is -3.94. The number of likely N-dealkylation sites (N-methyl/N-ethyl adjacent to an activating group) is 1. The number of aromatic hydroxyl groups is 1. The lowest BCUT2D eigenvalue weighted by Gasteiger charge is -2.60. The first-order chi connectivity index (χ1) is 19.5. The molecule has 5 atom stereocenters. The molecule has 0 unspecified atom stereocenters. The number of ether oxygens (including phenoxy) is 3. The first kappa shape index (κ1) is 28.6. The van der Waals surface area contributed by atoms with Gasteiger partial charge in [-0.15, -0.1) is 0 Å². The van der Waals surface area contributed by atoms with Gasteiger partial charge in [-0.3, -0.25) is 19.4 Å². The Morgan fingerprint density at radius 2 is 1.88 bits per heavy atom. The number of piperazine rings is 1. The van der Waals surface area contributed by atoms with Crippen LogP contribution in [-0.2, 0) is 30.3 Å². The predicted molar refractivity (Wildman–Crippen MR) is 148 cm³/mol. The van der Waals surface area contributed by atoms with Gasteiger partial charge in [0.1, 0.15) is 12.6 Å². The van der Waals surface area contributed by atoms with Gasteiger partial charge in [0.25, 0.3) is 0 Å². The first-order valence-corrected chi connectivity index (χ1v) is 13.7. The largest absolute Gasteiger partial charge is 0.504 e. The highest BCUT2D eigenvalue weighted by Crippen LogP contribution is 2.52. The normalized spacial score (nSPS) is 28.0. The van der Waals surface area contributed by atoms with E-state index in [9.17, 15) is 24.8 Å². The van der Waals surface area contributed by atoms with Gasteiger partial charge in [0.2, 0.25) is 5.78 Å². The summed E-state index contributed by atoms with van der Waals surface area (Å²) in [5, 5.41) is 22.0. The van der Waals surface area contributed by atoms with Crippen LogP contribution in [0.2, 0.25) is 0 Å². The van der Waals surface area contributed by atoms with E-state index in [0.717, 1.165) is 11.1 Å². The van der Waals surface area contributed by atoms with Crippen LogP contribution in [0.5, 0.6) is 11.5 Å². The fourth-order valence-corrected chi connectivity index (χ4v) is 7.16. The minimum Gasteiger partial charge on any atom is -0.504 e. The molecule has 216 valence electrons. The standard InChI is InChI=1S/C31H35N3O7/c1-8-14(2)31(38)41-13-22-23-17(9-15(3)29(39-6)27(23)36)10-20-25-24-18(26(35)16(4)30(40-7)28(24)37)11-19(33(25)5)21(12-32)34(20)22/h8-9,19-22,25,36H,10-11,13H2,1-7H3/b14-8-/t19-,20-,21-,22-,25-/m0/s1. The van der Waals surface area contributed by atoms with Crippen LogP contribution in [0.1, 0.15) is 49.9 Å². The molecule has 0 saturated carbocycles. The van der Waals surface area contributed by atoms with E-state index in [0.29, 0.717) is 34.5 Å². The van der Waals surface area contributed by atoms with Crippen LogP contribution in [0.4, 0.5) is 0 Å². The number of rotatable bonds is 5. The van der Waals surface area contributed by atoms with Crippen molar-refractivity contribution in [2.75, 3.05) is 27.9 Å². The average molecular weight is 562 g/mol. The van der Waals surface area contributed by atoms with Gasteiger partial charge in [-0.1, -0.05) is 12.1 Å². The molecule has 2 bridgehead atoms. The summed E-state index contributed by atoms with van der Waals surface area (Å²) >= 11 is 0. The number of methoxy groups -OCH3 is 2. The van der Waals surface area contributed by atoms with Crippen LogP contribution in [-0.4, -0.2) is 84.5 Å². The number of nitriles is 1. The minimum atomic E-state index is -0.724. The molecule has 3 heterocycles. The van der Waals surface area contributed by atoms with Crippen LogP contribution in [0.15, 0.2) is 40.2 Å². The van der Waals surface area contributed by atoms with Crippen molar-refractivity contribution in [2.24, 2.45) is 0 Å². The SMILES string of the molecule is C/C=C(/C)C(=O)OC[C@H]1c2c(cc(C)c(OC)c2O)C[C@H]2[C@H]3C4=C(C[C@@H]([C@H](C#N)N12)N3C)C(=O)C(C)=C(OC)C4=O. The van der Waals surface area contributed by atoms with Gasteiger partial charge < -0.3 is 19.3 Å². The van der Waals surface area contributed by atoms with Gasteiger partial charge in [0.05, 0.1) is 32.4 Å². The number of carbonyl (C=O) groups is 3. The van der Waals surface area contributed by atoms with Gasteiger partial charge in [0.15, 0.2) is 23.0 Å². The van der Waals surface area contributed by atoms with Crippen molar-refractivity contribution in [3.63, 3.8) is 0 Å². The third kappa shape index (κ3) is 4.10. The van der Waals surface area contributed by atoms with E-state index in [1.165, 1.54) is 14.2 Å². The molecular weight excluding hydrogens is 526 g/mol. The summed E-state index contributed by atoms with van der Waals surface area (Å²) in [6.07, 6.45) is 2.25. The number of allylic oxidation sites excluding steroid dienone is 3. The predicted octanol–water partition coefficient (Wildman–Crippen LogP) is 2.83. The van der Waals surface area contributed by atoms with Crippen molar-refractivity contribution in [1.29, 1.82) is 5.26 Å². The highest BCUT2D eigenvalue weighted by molar-refractivity contribution is 6.25. The Morgan fingerprint density at radius 1 is 1.17 bits per heavy atom. The Balaban J connectivity index is 1.71. The third-order valence-corrected chi connectivity index (χ3v) is 9.19. The summed E-state index contributed by atoms with van der Waals surface area (Å²) in [5.41, 5.74) is 3.60. The molecule has 10 nitrogen and oxygen atoms in total. The van der Waals surface area contributed by atoms with E-state index in [-0.39, 0.29) is 41.7 Å². The molecule has 0 spiro atoms. The van der Waals surface area contributed by atoms with Crippen molar-refractivity contribution in [1.82, 2.24) is 9.80 Å². The summed E-state index contributed by atoms with van der Waals surface area (Å²) < 4.78 is 16.7. The van der Waals surface area contributed by atoms with E-state index >= 15 is 0 Å². The van der Waals surface area contributed by atoms with Crippen LogP contribution in [0, 0.1) is 18.3 Å². The molecule has 3 aliphatic heterocycles. The molecule has 5 rings (SSSR count). The summed E-state index contributed by atoms with van der Waals surface area (Å²) in [7, 11) is 4.75. The lowest BCUT2D eigenvalue weighted by molar-refractivity contribution is -0.144. The third-order valence-electron chi connectivity index (χ3n) is 9.19. The van der Waals surface area contributed by atoms with Crippen LogP contribution >= 0.6 is 0 Å². The fraction of sp³-hybridized carbons (Fsp3) is 0.484. The molecule has 1 N–H and O–H groups in total. The second-order valence-electron chi connectivity index (χ2n) is 11.1. The van der Waals surface area contributed by atoms with Gasteiger partial charge >= 0.3 is 5.97 Å². The first-order valence-electron chi connectivity index (χ1n) is 13.7. The quantitative estimate of drug-likeness (QED) is 0.325. The number of ketones is 2. The van der Waals surface area contributed by atoms with Crippen LogP contribution < -0.4 is 4.74 Å². The summed E-state index contributed by atoms with van der Waals surface area (Å²) in [6, 6.07) is 1.57. The second-order valence-corrected chi connectivity index (χ2v) is 11.1. The Labute approximate surface area is 239 Å². The minimum absolute atomic E-state index is 0.0382. The van der Waals surface area contributed by atoms with Crippen molar-refractivity contribution >= 4 is 17.5 Å². The molecule has 0 amide bonds. The molecule has 1 aromatic carbocycles. The van der Waals surface area contributed by atoms with Crippen molar-refractivity contribution in [2.45, 2.75) is 70.7 Å². The summed E-state index contributed by atoms with van der Waals surface area (Å²) in [4.78, 5) is 44.1. The van der Waals surface area contributed by atoms with E-state index in [1.54, 1.807) is 26.8 Å². The molecule has 1 fully saturated rings. The highest BCUT2D eigenvalue weighted by Gasteiger charge is 2.58. The Kier molecular flexibility index (Phi) is 7.30. The van der Waals surface area contributed by atoms with E-state index in [1.807, 2.05) is 29.8 Å². The van der Waals surface area contributed by atoms with Gasteiger partial charge in [0, 0.05) is 39.9 Å². The van der Waals surface area contributed by atoms with Crippen molar-refractivity contribution in [3.8, 4) is 17.6 Å². The van der Waals surface area contributed by atoms with Gasteiger partial charge in [-0.2, -0.15) is 5.26 Å². The van der Waals surface area contributed by atoms with Gasteiger partial charge in [-0.05, 0) is 58.7 Å². The smallest absolute Gasteiger partial charge is 0.333 e. The topological polar surface area (TPSA) is 129 Å². The van der Waals surface area contributed by atoms with E-state index in [4.69, 9.17) is 14.2 Å². The monoisotopic (exact) mass is 561 g/mol. The summed E-state index contributed by atoms with van der Waals surface area (Å²) in [6.45, 7) is 6.70. The number of esters is 1. The zero-order valence-corrected chi connectivity index (χ0v) is 24.4. The number of nitrogens with zero attached hydrogens (tertiary/aromatic N) is 3. The number of phenolic OH excluding ortho intramolecular Hbond substituents is 1. The lowest BCUT2D eigenvalue weighted by Crippen LogP contribution is -2.72. The molecule has 1 saturated heterocycles. The molecule has 0 radical (unpaired) electrons. The number of phenols is 1. The number of carbonyl (C=O) groups excluding carboxylic acids is 3. The maximum atomic E-state index is 13.8. The lowest BCUT2D eigenvalue weighted by atomic mass is 9.69. The maximum Gasteiger partial charge on any atom is 0.333 e. The number of hydrogen-bond donors (Lipinski definition) is 1. The molecule has 4 aliphatic rings. The molecule has 1 aliphatic carbocycles. The van der Waals surface area contributed by atoms with E-state index < -0.39 is 36.2 Å². The Bertz CT molecular complexity index is 1500. The molecule has 41 heavy (non-hydrogen) atoms. The molecular formula is C31H35N3O7. The second kappa shape index (κ2) is 10.5. The number of benzene rings is 1. The average Bonchev–Trinajstić information content (AvgIpc) is 2.94. The molecule has 1 aromatic rings. The molecule has 0 aromatic heterocycles. The highest BCUT2D eigenvalue weighted by atomic mass is 16.5. The zero-order valence-electron chi connectivity index (χ0n) is 24.4. The number of fused-ring (bicyclic) bond motifs is 6. The molecule has 10 heteroatoms. The van der Waals surface area contributed by atoms with Gasteiger partial charge in [-0.25, -0.2) is 4.79 Å². The van der Waals surface area contributed by atoms with Crippen LogP contribution in [0.25, 0.3) is 0 Å². The zero-order chi connectivity index (χ0) is 29.9. The number of aryl methyl sites for hydroxylation is 1. The van der Waals surface area contributed by atoms with Crippen LogP contribution in [0.3, 0.4) is 0 Å².